The van der Waals surface area contributed by atoms with Crippen LogP contribution < -0.4 is 5.56 Å². The zero-order chi connectivity index (χ0) is 37.8. The summed E-state index contributed by atoms with van der Waals surface area (Å²) < 4.78 is 39.8. The number of halogens is 3. The van der Waals surface area contributed by atoms with Crippen LogP contribution in [-0.4, -0.2) is 50.3 Å². The number of rotatable bonds is 8. The number of benzene rings is 3. The van der Waals surface area contributed by atoms with Gasteiger partial charge in [-0.15, -0.1) is 0 Å². The van der Waals surface area contributed by atoms with Gasteiger partial charge in [-0.05, 0) is 110 Å². The number of fused-ring (bicyclic) bond motifs is 4. The normalized spacial score (nSPS) is 22.2. The molecule has 0 radical (unpaired) electrons. The van der Waals surface area contributed by atoms with Crippen molar-refractivity contribution in [3.05, 3.63) is 122 Å². The second kappa shape index (κ2) is 13.8. The highest BCUT2D eigenvalue weighted by Gasteiger charge is 2.49. The fraction of sp³-hybridized carbons (Fsp3) is 0.442. The van der Waals surface area contributed by atoms with Crippen LogP contribution in [0, 0.1) is 11.3 Å². The largest absolute Gasteiger partial charge is 0.416 e. The molecule has 1 atom stereocenters. The van der Waals surface area contributed by atoms with Gasteiger partial charge in [-0.1, -0.05) is 60.7 Å². The molecule has 54 heavy (non-hydrogen) atoms. The maximum absolute atomic E-state index is 13.6. The number of hydrogen-bond acceptors (Lipinski definition) is 5. The van der Waals surface area contributed by atoms with E-state index in [1.54, 1.807) is 0 Å². The fourth-order valence-corrected chi connectivity index (χ4v) is 9.14. The average Bonchev–Trinajstić information content (AvgIpc) is 4.03. The van der Waals surface area contributed by atoms with Crippen LogP contribution in [0.5, 0.6) is 0 Å². The van der Waals surface area contributed by atoms with Gasteiger partial charge in [-0.25, -0.2) is 4.98 Å². The van der Waals surface area contributed by atoms with Crippen LogP contribution in [0.4, 0.5) is 13.2 Å². The highest BCUT2D eigenvalue weighted by atomic mass is 19.4. The topological polar surface area (TPSA) is 107 Å². The summed E-state index contributed by atoms with van der Waals surface area (Å²) in [6.07, 6.45) is 2.73. The smallest absolute Gasteiger partial charge is 0.378 e. The summed E-state index contributed by atoms with van der Waals surface area (Å²) in [5.74, 6) is 0.920. The quantitative estimate of drug-likeness (QED) is 0.195. The molecule has 0 unspecified atom stereocenters. The number of amides is 2. The molecule has 4 fully saturated rings. The number of H-pyrrole nitrogens is 1. The maximum atomic E-state index is 13.6. The molecule has 2 N–H and O–H groups in total. The highest BCUT2D eigenvalue weighted by Crippen LogP contribution is 2.53. The van der Waals surface area contributed by atoms with Crippen molar-refractivity contribution in [2.24, 2.45) is 11.3 Å². The van der Waals surface area contributed by atoms with E-state index in [-0.39, 0.29) is 35.5 Å². The molecule has 2 bridgehead atoms. The minimum absolute atomic E-state index is 0.101. The minimum atomic E-state index is -4.61. The third-order valence-electron chi connectivity index (χ3n) is 12.6. The van der Waals surface area contributed by atoms with E-state index in [0.29, 0.717) is 36.5 Å². The standard InChI is InChI=1S/C43H45F3N4O4/c1-49(40(54)41-17-14-27(15-18-41)16-19-41)25-28-10-12-29(13-11-28)30-5-2-7-32(23-30)42(20-21-42)39-47-35-9-4-22-50(26-34(35)37(52)48-39)38(53)36(51)31-6-3-8-33(24-31)43(44,45)46/h2-3,5-8,10-13,23-24,27,36,51H,4,9,14-22,25-26H2,1H3,(H,47,48,52)/t27?,36-,41?/m1/s1. The Balaban J connectivity index is 0.970. The highest BCUT2D eigenvalue weighted by molar-refractivity contribution is 5.83. The number of aromatic amines is 1. The lowest BCUT2D eigenvalue weighted by molar-refractivity contribution is -0.147. The van der Waals surface area contributed by atoms with Crippen LogP contribution in [-0.2, 0) is 40.7 Å². The van der Waals surface area contributed by atoms with Crippen molar-refractivity contribution < 1.29 is 27.9 Å². The molecule has 2 amide bonds. The van der Waals surface area contributed by atoms with Gasteiger partial charge in [0.1, 0.15) is 5.82 Å². The molecule has 9 rings (SSSR count). The molecule has 4 aromatic rings. The van der Waals surface area contributed by atoms with E-state index in [1.165, 1.54) is 30.2 Å². The second-order valence-electron chi connectivity index (χ2n) is 16.0. The van der Waals surface area contributed by atoms with Gasteiger partial charge >= 0.3 is 6.18 Å². The lowest BCUT2D eigenvalue weighted by Crippen LogP contribution is -2.47. The van der Waals surface area contributed by atoms with Gasteiger partial charge in [0, 0.05) is 25.6 Å². The lowest BCUT2D eigenvalue weighted by atomic mass is 9.60. The average molecular weight is 739 g/mol. The molecule has 4 aliphatic carbocycles. The summed E-state index contributed by atoms with van der Waals surface area (Å²) in [5, 5.41) is 10.8. The molecule has 2 heterocycles. The number of aliphatic hydroxyl groups is 1. The zero-order valence-corrected chi connectivity index (χ0v) is 30.4. The summed E-state index contributed by atoms with van der Waals surface area (Å²) in [7, 11) is 1.93. The second-order valence-corrected chi connectivity index (χ2v) is 16.0. The van der Waals surface area contributed by atoms with Crippen LogP contribution in [0.1, 0.15) is 103 Å². The van der Waals surface area contributed by atoms with E-state index in [2.05, 4.69) is 47.4 Å². The first-order chi connectivity index (χ1) is 25.8. The van der Waals surface area contributed by atoms with Crippen LogP contribution in [0.15, 0.2) is 77.6 Å². The SMILES string of the molecule is CN(Cc1ccc(-c2cccc(C3(c4nc5c(c(=O)[nH]4)CN(C(=O)[C@H](O)c4cccc(C(F)(F)F)c4)CCC5)CC3)c2)cc1)C(=O)C12CCC(CC1)CC2. The molecule has 8 nitrogen and oxygen atoms in total. The third kappa shape index (κ3) is 6.76. The summed E-state index contributed by atoms with van der Waals surface area (Å²) >= 11 is 0. The van der Waals surface area contributed by atoms with Crippen molar-refractivity contribution in [3.63, 3.8) is 0 Å². The van der Waals surface area contributed by atoms with Crippen LogP contribution in [0.2, 0.25) is 0 Å². The van der Waals surface area contributed by atoms with E-state index < -0.39 is 29.2 Å². The van der Waals surface area contributed by atoms with Gasteiger partial charge in [0.25, 0.3) is 11.5 Å². The van der Waals surface area contributed by atoms with E-state index in [0.717, 1.165) is 78.5 Å². The van der Waals surface area contributed by atoms with Gasteiger partial charge in [0.15, 0.2) is 6.10 Å². The number of hydrogen-bond donors (Lipinski definition) is 2. The molecule has 1 aliphatic heterocycles. The predicted molar refractivity (Wildman–Crippen MR) is 197 cm³/mol. The number of aryl methyl sites for hydroxylation is 1. The number of nitrogens with zero attached hydrogens (tertiary/aromatic N) is 3. The van der Waals surface area contributed by atoms with Crippen LogP contribution >= 0.6 is 0 Å². The Hall–Kier alpha value is -4.77. The number of carbonyl (C=O) groups excluding carboxylic acids is 2. The molecule has 0 spiro atoms. The Kier molecular flexibility index (Phi) is 9.27. The first-order valence-electron chi connectivity index (χ1n) is 19.1. The van der Waals surface area contributed by atoms with E-state index in [1.807, 2.05) is 18.0 Å². The molecule has 1 aromatic heterocycles. The third-order valence-corrected chi connectivity index (χ3v) is 12.6. The van der Waals surface area contributed by atoms with Crippen molar-refractivity contribution in [1.82, 2.24) is 19.8 Å². The Morgan fingerprint density at radius 2 is 1.67 bits per heavy atom. The number of aromatic nitrogens is 2. The fourth-order valence-electron chi connectivity index (χ4n) is 9.14. The molecule has 282 valence electrons. The van der Waals surface area contributed by atoms with Gasteiger partial charge in [0.2, 0.25) is 5.91 Å². The maximum Gasteiger partial charge on any atom is 0.416 e. The van der Waals surface area contributed by atoms with Gasteiger partial charge in [-0.3, -0.25) is 14.4 Å². The van der Waals surface area contributed by atoms with E-state index in [4.69, 9.17) is 4.98 Å². The Labute approximate surface area is 312 Å². The molecular formula is C43H45F3N4O4. The molecule has 0 saturated heterocycles. The van der Waals surface area contributed by atoms with Crippen molar-refractivity contribution in [3.8, 4) is 11.1 Å². The summed E-state index contributed by atoms with van der Waals surface area (Å²) in [5.41, 5.74) is 3.05. The lowest BCUT2D eigenvalue weighted by Gasteiger charge is -2.46. The number of aliphatic hydroxyl groups excluding tert-OH is 1. The van der Waals surface area contributed by atoms with Crippen molar-refractivity contribution >= 4 is 11.8 Å². The number of nitrogens with one attached hydrogen (secondary N) is 1. The zero-order valence-electron chi connectivity index (χ0n) is 30.4. The van der Waals surface area contributed by atoms with Crippen molar-refractivity contribution in [2.45, 2.75) is 95.0 Å². The molecular weight excluding hydrogens is 693 g/mol. The summed E-state index contributed by atoms with van der Waals surface area (Å²) in [4.78, 5) is 51.7. The molecule has 3 aromatic carbocycles. The van der Waals surface area contributed by atoms with Gasteiger partial charge in [0.05, 0.1) is 28.8 Å². The first kappa shape index (κ1) is 36.2. The van der Waals surface area contributed by atoms with Gasteiger partial charge in [-0.2, -0.15) is 13.2 Å². The van der Waals surface area contributed by atoms with Crippen molar-refractivity contribution in [1.29, 1.82) is 0 Å². The molecule has 4 saturated carbocycles. The van der Waals surface area contributed by atoms with Gasteiger partial charge < -0.3 is 19.9 Å². The van der Waals surface area contributed by atoms with Crippen LogP contribution in [0.3, 0.4) is 0 Å². The van der Waals surface area contributed by atoms with E-state index in [9.17, 15) is 32.7 Å². The Bertz CT molecular complexity index is 2120. The predicted octanol–water partition coefficient (Wildman–Crippen LogP) is 7.47. The summed E-state index contributed by atoms with van der Waals surface area (Å²) in [6.45, 7) is 0.698. The molecule has 5 aliphatic rings. The van der Waals surface area contributed by atoms with E-state index >= 15 is 0 Å². The minimum Gasteiger partial charge on any atom is -0.378 e. The number of carbonyl (C=O) groups is 2. The Morgan fingerprint density at radius 3 is 2.35 bits per heavy atom. The summed E-state index contributed by atoms with van der Waals surface area (Å²) in [6, 6.07) is 20.8. The van der Waals surface area contributed by atoms with Crippen molar-refractivity contribution in [2.75, 3.05) is 13.6 Å². The first-order valence-corrected chi connectivity index (χ1v) is 19.1. The Morgan fingerprint density at radius 1 is 0.963 bits per heavy atom. The number of alkyl halides is 3. The van der Waals surface area contributed by atoms with Crippen LogP contribution in [0.25, 0.3) is 11.1 Å². The molecule has 11 heteroatoms. The monoisotopic (exact) mass is 738 g/mol.